The monoisotopic (exact) mass is 212 g/mol. The lowest BCUT2D eigenvalue weighted by Gasteiger charge is -2.12. The van der Waals surface area contributed by atoms with Crippen molar-refractivity contribution < 1.29 is 4.74 Å². The molecule has 0 aromatic heterocycles. The Bertz CT molecular complexity index is 530. The molecule has 1 aliphatic heterocycles. The van der Waals surface area contributed by atoms with Crippen LogP contribution in [0.25, 0.3) is 10.8 Å². The molecule has 0 spiro atoms. The SMILES string of the molecule is CC[C@H]1Oc2ccc3ccccc3c2[C@H]1C. The first-order valence-corrected chi connectivity index (χ1v) is 5.99. The summed E-state index contributed by atoms with van der Waals surface area (Å²) in [6, 6.07) is 12.8. The molecule has 1 heterocycles. The lowest BCUT2D eigenvalue weighted by atomic mass is 9.92. The molecule has 1 aliphatic rings. The second kappa shape index (κ2) is 3.51. The van der Waals surface area contributed by atoms with Gasteiger partial charge in [-0.1, -0.05) is 44.2 Å². The fourth-order valence-electron chi connectivity index (χ4n) is 2.74. The van der Waals surface area contributed by atoms with Crippen LogP contribution in [0, 0.1) is 0 Å². The van der Waals surface area contributed by atoms with E-state index in [0.29, 0.717) is 12.0 Å². The molecule has 0 radical (unpaired) electrons. The molecule has 1 heteroatoms. The summed E-state index contributed by atoms with van der Waals surface area (Å²) in [4.78, 5) is 0. The Morgan fingerprint density at radius 3 is 2.75 bits per heavy atom. The molecule has 0 N–H and O–H groups in total. The summed E-state index contributed by atoms with van der Waals surface area (Å²) in [5.41, 5.74) is 1.39. The number of fused-ring (bicyclic) bond motifs is 3. The minimum absolute atomic E-state index is 0.348. The average Bonchev–Trinajstić information content (AvgIpc) is 2.66. The van der Waals surface area contributed by atoms with Crippen molar-refractivity contribution >= 4 is 10.8 Å². The molecule has 0 saturated heterocycles. The molecule has 2 aromatic rings. The maximum Gasteiger partial charge on any atom is 0.123 e. The predicted molar refractivity (Wildman–Crippen MR) is 67.1 cm³/mol. The zero-order valence-electron chi connectivity index (χ0n) is 9.73. The van der Waals surface area contributed by atoms with Crippen molar-refractivity contribution in [1.29, 1.82) is 0 Å². The van der Waals surface area contributed by atoms with Gasteiger partial charge in [0.2, 0.25) is 0 Å². The largest absolute Gasteiger partial charge is 0.489 e. The van der Waals surface area contributed by atoms with Gasteiger partial charge in [-0.05, 0) is 23.3 Å². The van der Waals surface area contributed by atoms with Crippen molar-refractivity contribution in [3.8, 4) is 5.75 Å². The fraction of sp³-hybridized carbons (Fsp3) is 0.333. The van der Waals surface area contributed by atoms with Crippen LogP contribution in [0.1, 0.15) is 31.7 Å². The predicted octanol–water partition coefficient (Wildman–Crippen LogP) is 4.11. The third kappa shape index (κ3) is 1.24. The smallest absolute Gasteiger partial charge is 0.123 e. The highest BCUT2D eigenvalue weighted by Crippen LogP contribution is 2.43. The van der Waals surface area contributed by atoms with Crippen LogP contribution in [-0.2, 0) is 0 Å². The van der Waals surface area contributed by atoms with Gasteiger partial charge in [0.05, 0.1) is 0 Å². The number of ether oxygens (including phenoxy) is 1. The van der Waals surface area contributed by atoms with Crippen LogP contribution in [0.3, 0.4) is 0 Å². The quantitative estimate of drug-likeness (QED) is 0.691. The first-order valence-electron chi connectivity index (χ1n) is 5.99. The molecule has 16 heavy (non-hydrogen) atoms. The van der Waals surface area contributed by atoms with Gasteiger partial charge in [-0.15, -0.1) is 0 Å². The van der Waals surface area contributed by atoms with E-state index in [0.717, 1.165) is 12.2 Å². The number of hydrogen-bond donors (Lipinski definition) is 0. The van der Waals surface area contributed by atoms with Gasteiger partial charge in [0, 0.05) is 11.5 Å². The maximum atomic E-state index is 5.98. The summed E-state index contributed by atoms with van der Waals surface area (Å²) in [6.07, 6.45) is 1.42. The van der Waals surface area contributed by atoms with Gasteiger partial charge in [0.1, 0.15) is 11.9 Å². The summed E-state index contributed by atoms with van der Waals surface area (Å²) in [7, 11) is 0. The summed E-state index contributed by atoms with van der Waals surface area (Å²) < 4.78 is 5.98. The molecule has 3 rings (SSSR count). The lowest BCUT2D eigenvalue weighted by Crippen LogP contribution is -2.14. The molecule has 0 fully saturated rings. The molecule has 0 bridgehead atoms. The first kappa shape index (κ1) is 9.71. The van der Waals surface area contributed by atoms with Crippen molar-refractivity contribution in [1.82, 2.24) is 0 Å². The minimum Gasteiger partial charge on any atom is -0.489 e. The number of rotatable bonds is 1. The highest BCUT2D eigenvalue weighted by molar-refractivity contribution is 5.88. The van der Waals surface area contributed by atoms with Crippen LogP contribution in [0.4, 0.5) is 0 Å². The fourth-order valence-corrected chi connectivity index (χ4v) is 2.74. The Morgan fingerprint density at radius 1 is 1.12 bits per heavy atom. The normalized spacial score (nSPS) is 23.1. The molecule has 2 aromatic carbocycles. The highest BCUT2D eigenvalue weighted by Gasteiger charge is 2.30. The summed E-state index contributed by atoms with van der Waals surface area (Å²) in [5, 5.41) is 2.66. The second-order valence-corrected chi connectivity index (χ2v) is 4.55. The van der Waals surface area contributed by atoms with Gasteiger partial charge in [0.25, 0.3) is 0 Å². The number of hydrogen-bond acceptors (Lipinski definition) is 1. The Morgan fingerprint density at radius 2 is 1.94 bits per heavy atom. The van der Waals surface area contributed by atoms with Crippen LogP contribution in [-0.4, -0.2) is 6.10 Å². The number of benzene rings is 2. The minimum atomic E-state index is 0.348. The van der Waals surface area contributed by atoms with Crippen molar-refractivity contribution in [3.05, 3.63) is 42.0 Å². The van der Waals surface area contributed by atoms with E-state index in [1.54, 1.807) is 0 Å². The van der Waals surface area contributed by atoms with E-state index in [4.69, 9.17) is 4.74 Å². The lowest BCUT2D eigenvalue weighted by molar-refractivity contribution is 0.206. The van der Waals surface area contributed by atoms with E-state index in [-0.39, 0.29) is 0 Å². The molecule has 0 amide bonds. The second-order valence-electron chi connectivity index (χ2n) is 4.55. The molecule has 82 valence electrons. The van der Waals surface area contributed by atoms with Gasteiger partial charge >= 0.3 is 0 Å². The van der Waals surface area contributed by atoms with Crippen LogP contribution in [0.15, 0.2) is 36.4 Å². The van der Waals surface area contributed by atoms with Gasteiger partial charge < -0.3 is 4.74 Å². The zero-order valence-corrected chi connectivity index (χ0v) is 9.73. The van der Waals surface area contributed by atoms with Gasteiger partial charge in [-0.2, -0.15) is 0 Å². The van der Waals surface area contributed by atoms with Gasteiger partial charge in [-0.3, -0.25) is 0 Å². The average molecular weight is 212 g/mol. The zero-order chi connectivity index (χ0) is 11.1. The van der Waals surface area contributed by atoms with Crippen LogP contribution < -0.4 is 4.74 Å². The molecular formula is C15H16O. The first-order chi connectivity index (χ1) is 7.81. The highest BCUT2D eigenvalue weighted by atomic mass is 16.5. The maximum absolute atomic E-state index is 5.98. The molecule has 0 saturated carbocycles. The van der Waals surface area contributed by atoms with E-state index >= 15 is 0 Å². The molecule has 1 nitrogen and oxygen atoms in total. The van der Waals surface area contributed by atoms with E-state index in [1.165, 1.54) is 16.3 Å². The summed E-state index contributed by atoms with van der Waals surface area (Å²) in [5.74, 6) is 1.59. The molecule has 0 unspecified atom stereocenters. The Labute approximate surface area is 96.0 Å². The van der Waals surface area contributed by atoms with Crippen molar-refractivity contribution in [3.63, 3.8) is 0 Å². The molecular weight excluding hydrogens is 196 g/mol. The Kier molecular flexibility index (Phi) is 2.13. The molecule has 2 atom stereocenters. The summed E-state index contributed by atoms with van der Waals surface area (Å²) >= 11 is 0. The van der Waals surface area contributed by atoms with Crippen molar-refractivity contribution in [2.45, 2.75) is 32.3 Å². The van der Waals surface area contributed by atoms with E-state index in [1.807, 2.05) is 0 Å². The van der Waals surface area contributed by atoms with Crippen LogP contribution in [0.2, 0.25) is 0 Å². The summed E-state index contributed by atoms with van der Waals surface area (Å²) in [6.45, 7) is 4.46. The van der Waals surface area contributed by atoms with Crippen LogP contribution >= 0.6 is 0 Å². The third-order valence-electron chi connectivity index (χ3n) is 3.62. The van der Waals surface area contributed by atoms with E-state index in [9.17, 15) is 0 Å². The molecule has 0 aliphatic carbocycles. The van der Waals surface area contributed by atoms with Crippen LogP contribution in [0.5, 0.6) is 5.75 Å². The van der Waals surface area contributed by atoms with E-state index in [2.05, 4.69) is 50.2 Å². The third-order valence-corrected chi connectivity index (χ3v) is 3.62. The standard InChI is InChI=1S/C15H16O/c1-3-13-10(2)15-12-7-5-4-6-11(12)8-9-14(15)16-13/h4-10,13H,3H2,1-2H3/t10-,13+/m0/s1. The topological polar surface area (TPSA) is 9.23 Å². The van der Waals surface area contributed by atoms with Gasteiger partial charge in [-0.25, -0.2) is 0 Å². The Hall–Kier alpha value is -1.50. The van der Waals surface area contributed by atoms with Gasteiger partial charge in [0.15, 0.2) is 0 Å². The Balaban J connectivity index is 2.25. The van der Waals surface area contributed by atoms with Crippen molar-refractivity contribution in [2.24, 2.45) is 0 Å². The van der Waals surface area contributed by atoms with E-state index < -0.39 is 0 Å². The van der Waals surface area contributed by atoms with Crippen molar-refractivity contribution in [2.75, 3.05) is 0 Å².